The summed E-state index contributed by atoms with van der Waals surface area (Å²) in [7, 11) is 0. The number of hydrogen-bond donors (Lipinski definition) is 3. The number of rotatable bonds is 4. The maximum atomic E-state index is 12.4. The monoisotopic (exact) mass is 343 g/mol. The average Bonchev–Trinajstić information content (AvgIpc) is 2.99. The van der Waals surface area contributed by atoms with Crippen molar-refractivity contribution in [2.75, 3.05) is 5.32 Å². The van der Waals surface area contributed by atoms with Crippen molar-refractivity contribution in [2.45, 2.75) is 31.2 Å². The number of nitrogens with zero attached hydrogens (tertiary/aromatic N) is 2. The number of amides is 1. The zero-order valence-electron chi connectivity index (χ0n) is 13.5. The molecule has 0 spiro atoms. The summed E-state index contributed by atoms with van der Waals surface area (Å²) in [6, 6.07) is 5.85. The van der Waals surface area contributed by atoms with Gasteiger partial charge in [-0.3, -0.25) is 14.6 Å². The highest BCUT2D eigenvalue weighted by atomic mass is 32.2. The molecule has 3 aromatic rings. The number of benzene rings is 1. The third-order valence-corrected chi connectivity index (χ3v) is 4.56. The molecule has 0 saturated heterocycles. The number of nitrogens with one attached hydrogen (secondary N) is 3. The lowest BCUT2D eigenvalue weighted by molar-refractivity contribution is -0.115. The lowest BCUT2D eigenvalue weighted by atomic mass is 10.1. The van der Waals surface area contributed by atoms with Gasteiger partial charge in [-0.05, 0) is 32.4 Å². The van der Waals surface area contributed by atoms with Gasteiger partial charge in [-0.15, -0.1) is 0 Å². The fraction of sp³-hybridized carbons (Fsp3) is 0.250. The third-order valence-electron chi connectivity index (χ3n) is 3.57. The predicted molar refractivity (Wildman–Crippen MR) is 94.4 cm³/mol. The van der Waals surface area contributed by atoms with E-state index in [0.717, 1.165) is 16.8 Å². The number of aromatic amines is 2. The number of anilines is 1. The van der Waals surface area contributed by atoms with Crippen LogP contribution in [0.4, 0.5) is 5.69 Å². The zero-order chi connectivity index (χ0) is 17.3. The van der Waals surface area contributed by atoms with E-state index in [-0.39, 0.29) is 11.5 Å². The van der Waals surface area contributed by atoms with Gasteiger partial charge in [0.25, 0.3) is 5.56 Å². The molecule has 2 aromatic heterocycles. The Morgan fingerprint density at radius 3 is 2.88 bits per heavy atom. The predicted octanol–water partition coefficient (Wildman–Crippen LogP) is 2.38. The Morgan fingerprint density at radius 1 is 1.33 bits per heavy atom. The molecule has 0 aliphatic heterocycles. The number of hydrogen-bond acceptors (Lipinski definition) is 5. The molecule has 8 heteroatoms. The van der Waals surface area contributed by atoms with Crippen LogP contribution in [0.3, 0.4) is 0 Å². The molecule has 1 aromatic carbocycles. The lowest BCUT2D eigenvalue weighted by Gasteiger charge is -2.13. The summed E-state index contributed by atoms with van der Waals surface area (Å²) >= 11 is 1.18. The molecule has 2 heterocycles. The van der Waals surface area contributed by atoms with Crippen LogP contribution in [0.25, 0.3) is 11.2 Å². The zero-order valence-corrected chi connectivity index (χ0v) is 14.3. The largest absolute Gasteiger partial charge is 0.339 e. The summed E-state index contributed by atoms with van der Waals surface area (Å²) in [5, 5.41) is 2.84. The molecule has 0 unspecified atom stereocenters. The van der Waals surface area contributed by atoms with E-state index in [0.29, 0.717) is 16.3 Å². The Balaban J connectivity index is 1.74. The molecule has 0 bridgehead atoms. The molecule has 3 rings (SSSR count). The number of carbonyl (C=O) groups is 1. The molecular weight excluding hydrogens is 326 g/mol. The van der Waals surface area contributed by atoms with Crippen molar-refractivity contribution in [3.8, 4) is 0 Å². The van der Waals surface area contributed by atoms with Gasteiger partial charge in [0, 0.05) is 5.69 Å². The summed E-state index contributed by atoms with van der Waals surface area (Å²) in [6.07, 6.45) is 1.41. The number of thioether (sulfide) groups is 1. The van der Waals surface area contributed by atoms with Gasteiger partial charge >= 0.3 is 0 Å². The van der Waals surface area contributed by atoms with Crippen LogP contribution in [0.1, 0.15) is 18.1 Å². The van der Waals surface area contributed by atoms with Crippen LogP contribution in [0.5, 0.6) is 0 Å². The fourth-order valence-corrected chi connectivity index (χ4v) is 3.08. The molecule has 0 aliphatic rings. The Bertz CT molecular complexity index is 963. The van der Waals surface area contributed by atoms with Gasteiger partial charge in [-0.25, -0.2) is 9.97 Å². The Labute approximate surface area is 142 Å². The molecule has 3 N–H and O–H groups in total. The third kappa shape index (κ3) is 3.33. The van der Waals surface area contributed by atoms with E-state index >= 15 is 0 Å². The Morgan fingerprint density at radius 2 is 2.12 bits per heavy atom. The summed E-state index contributed by atoms with van der Waals surface area (Å²) in [5.74, 6) is -0.156. The van der Waals surface area contributed by atoms with Gasteiger partial charge in [0.2, 0.25) is 5.91 Å². The van der Waals surface area contributed by atoms with Crippen LogP contribution in [0.15, 0.2) is 34.5 Å². The number of aryl methyl sites for hydroxylation is 2. The summed E-state index contributed by atoms with van der Waals surface area (Å²) in [5.41, 5.74) is 3.28. The molecular formula is C16H17N5O2S. The molecule has 0 aliphatic carbocycles. The van der Waals surface area contributed by atoms with Crippen LogP contribution in [-0.4, -0.2) is 31.1 Å². The van der Waals surface area contributed by atoms with Crippen molar-refractivity contribution < 1.29 is 4.79 Å². The smallest absolute Gasteiger partial charge is 0.277 e. The molecule has 124 valence electrons. The highest BCUT2D eigenvalue weighted by Crippen LogP contribution is 2.22. The number of imidazole rings is 1. The number of aromatic nitrogens is 4. The fourth-order valence-electron chi connectivity index (χ4n) is 2.29. The van der Waals surface area contributed by atoms with Crippen molar-refractivity contribution in [3.63, 3.8) is 0 Å². The first-order valence-electron chi connectivity index (χ1n) is 7.42. The Kier molecular flexibility index (Phi) is 4.39. The number of carbonyl (C=O) groups excluding carboxylic acids is 1. The van der Waals surface area contributed by atoms with Crippen LogP contribution in [-0.2, 0) is 4.79 Å². The highest BCUT2D eigenvalue weighted by molar-refractivity contribution is 8.00. The molecule has 1 atom stereocenters. The van der Waals surface area contributed by atoms with Crippen molar-refractivity contribution >= 4 is 34.5 Å². The molecule has 24 heavy (non-hydrogen) atoms. The molecule has 1 amide bonds. The standard InChI is InChI=1S/C16H17N5O2S/c1-8-4-5-11(9(2)6-8)19-14(22)10(3)24-16-20-13-12(15(23)21-16)17-7-18-13/h4-7,10H,1-3H3,(H,19,22)(H2,17,18,20,21,23)/t10-/m0/s1. The average molecular weight is 343 g/mol. The van der Waals surface area contributed by atoms with Crippen LogP contribution in [0.2, 0.25) is 0 Å². The van der Waals surface area contributed by atoms with Gasteiger partial charge in [0.1, 0.15) is 0 Å². The minimum Gasteiger partial charge on any atom is -0.339 e. The van der Waals surface area contributed by atoms with E-state index in [1.807, 2.05) is 32.0 Å². The van der Waals surface area contributed by atoms with E-state index < -0.39 is 5.25 Å². The maximum Gasteiger partial charge on any atom is 0.277 e. The van der Waals surface area contributed by atoms with E-state index in [9.17, 15) is 9.59 Å². The van der Waals surface area contributed by atoms with Gasteiger partial charge < -0.3 is 10.3 Å². The first-order valence-corrected chi connectivity index (χ1v) is 8.30. The minimum absolute atomic E-state index is 0.156. The quantitative estimate of drug-likeness (QED) is 0.498. The first kappa shape index (κ1) is 16.3. The van der Waals surface area contributed by atoms with Crippen LogP contribution < -0.4 is 10.9 Å². The maximum absolute atomic E-state index is 12.4. The minimum atomic E-state index is -0.426. The summed E-state index contributed by atoms with van der Waals surface area (Å²) in [4.78, 5) is 37.9. The van der Waals surface area contributed by atoms with E-state index in [4.69, 9.17) is 0 Å². The topological polar surface area (TPSA) is 104 Å². The van der Waals surface area contributed by atoms with Crippen molar-refractivity contribution in [3.05, 3.63) is 46.0 Å². The molecule has 0 fully saturated rings. The SMILES string of the molecule is Cc1ccc(NC(=O)[C@H](C)Sc2nc3nc[nH]c3c(=O)[nH]2)c(C)c1. The van der Waals surface area contributed by atoms with Gasteiger partial charge in [0.05, 0.1) is 11.6 Å². The second-order valence-corrected chi connectivity index (χ2v) is 6.87. The molecule has 0 saturated carbocycles. The van der Waals surface area contributed by atoms with Gasteiger partial charge in [-0.1, -0.05) is 29.5 Å². The second kappa shape index (κ2) is 6.48. The van der Waals surface area contributed by atoms with Crippen molar-refractivity contribution in [1.29, 1.82) is 0 Å². The normalized spacial score (nSPS) is 12.3. The lowest BCUT2D eigenvalue weighted by Crippen LogP contribution is -2.23. The summed E-state index contributed by atoms with van der Waals surface area (Å²) < 4.78 is 0. The van der Waals surface area contributed by atoms with Crippen LogP contribution >= 0.6 is 11.8 Å². The number of H-pyrrole nitrogens is 2. The van der Waals surface area contributed by atoms with Crippen molar-refractivity contribution in [2.24, 2.45) is 0 Å². The first-order chi connectivity index (χ1) is 11.4. The summed E-state index contributed by atoms with van der Waals surface area (Å²) in [6.45, 7) is 5.72. The number of fused-ring (bicyclic) bond motifs is 1. The molecule has 0 radical (unpaired) electrons. The van der Waals surface area contributed by atoms with E-state index in [1.54, 1.807) is 6.92 Å². The van der Waals surface area contributed by atoms with Gasteiger partial charge in [0.15, 0.2) is 16.3 Å². The van der Waals surface area contributed by atoms with E-state index in [1.165, 1.54) is 18.1 Å². The molecule has 7 nitrogen and oxygen atoms in total. The van der Waals surface area contributed by atoms with Gasteiger partial charge in [-0.2, -0.15) is 0 Å². The Hall–Kier alpha value is -2.61. The van der Waals surface area contributed by atoms with Crippen LogP contribution in [0, 0.1) is 13.8 Å². The van der Waals surface area contributed by atoms with Crippen molar-refractivity contribution in [1.82, 2.24) is 19.9 Å². The van der Waals surface area contributed by atoms with E-state index in [2.05, 4.69) is 25.3 Å². The second-order valence-electron chi connectivity index (χ2n) is 5.54. The highest BCUT2D eigenvalue weighted by Gasteiger charge is 2.17.